The van der Waals surface area contributed by atoms with Crippen LogP contribution in [0.3, 0.4) is 0 Å². The summed E-state index contributed by atoms with van der Waals surface area (Å²) in [6.07, 6.45) is 5.00. The first-order chi connectivity index (χ1) is 17.5. The van der Waals surface area contributed by atoms with Gasteiger partial charge in [-0.25, -0.2) is 14.0 Å². The molecule has 1 aliphatic heterocycles. The summed E-state index contributed by atoms with van der Waals surface area (Å²) >= 11 is 5.66. The Balaban J connectivity index is 0.000000174. The molecule has 0 spiro atoms. The first-order valence-corrected chi connectivity index (χ1v) is 14.2. The van der Waals surface area contributed by atoms with E-state index in [1.807, 2.05) is 36.4 Å². The van der Waals surface area contributed by atoms with Gasteiger partial charge in [0.05, 0.1) is 36.6 Å². The van der Waals surface area contributed by atoms with E-state index in [4.69, 9.17) is 4.74 Å². The number of nitrogens with one attached hydrogen (secondary N) is 1. The lowest BCUT2D eigenvalue weighted by atomic mass is 10.2. The average Bonchev–Trinajstić information content (AvgIpc) is 3.47. The zero-order valence-electron chi connectivity index (χ0n) is 19.2. The number of nitrogens with zero attached hydrogens (tertiary/aromatic N) is 7. The smallest absolute Gasteiger partial charge is 0.359 e. The molecule has 1 aliphatic rings. The highest BCUT2D eigenvalue weighted by molar-refractivity contribution is 9.10. The topological polar surface area (TPSA) is 108 Å². The molecule has 0 aliphatic carbocycles. The minimum absolute atomic E-state index is 0.337. The van der Waals surface area contributed by atoms with E-state index in [1.165, 1.54) is 5.69 Å². The second-order valence-corrected chi connectivity index (χ2v) is 10.7. The molecule has 36 heavy (non-hydrogen) atoms. The van der Waals surface area contributed by atoms with Gasteiger partial charge in [-0.3, -0.25) is 0 Å². The predicted octanol–water partition coefficient (Wildman–Crippen LogP) is 4.30. The fourth-order valence-corrected chi connectivity index (χ4v) is 4.87. The molecule has 0 amide bonds. The zero-order chi connectivity index (χ0) is 25.1. The lowest BCUT2D eigenvalue weighted by Gasteiger charge is -2.29. The molecule has 1 saturated heterocycles. The fourth-order valence-electron chi connectivity index (χ4n) is 3.64. The first kappa shape index (κ1) is 25.0. The number of rotatable bonds is 4. The molecule has 1 fully saturated rings. The number of hydrogen-bond donors (Lipinski definition) is 1. The first-order valence-electron chi connectivity index (χ1n) is 11.0. The Morgan fingerprint density at radius 3 is 2.28 bits per heavy atom. The van der Waals surface area contributed by atoms with Gasteiger partial charge in [0, 0.05) is 35.6 Å². The maximum absolute atomic E-state index is 11.1. The maximum Gasteiger partial charge on any atom is 0.359 e. The lowest BCUT2D eigenvalue weighted by molar-refractivity contribution is 0.122. The molecular weight excluding hydrogens is 612 g/mol. The molecule has 1 atom stereocenters. The van der Waals surface area contributed by atoms with Gasteiger partial charge in [-0.2, -0.15) is 4.98 Å². The summed E-state index contributed by atoms with van der Waals surface area (Å²) in [5.41, 5.74) is 3.98. The third-order valence-electron chi connectivity index (χ3n) is 5.42. The van der Waals surface area contributed by atoms with Crippen LogP contribution in [0.5, 0.6) is 0 Å². The van der Waals surface area contributed by atoms with Crippen molar-refractivity contribution in [3.63, 3.8) is 0 Å². The Kier molecular flexibility index (Phi) is 7.72. The van der Waals surface area contributed by atoms with Crippen LogP contribution in [0, 0.1) is 0 Å². The standard InChI is InChI=1S/C16H16BrN5O.C7H6BrN3OS/c17-15-5-4-14-11-18-16(20-22(14)15)19-12-2-1-3-13(10-12)21-6-8-23-9-7-21;1-13(12)7-9-4-5-2-3-6(8)11(5)10-7/h1-5,10-11H,6-9H2,(H,19,20);2-4H,1H3. The van der Waals surface area contributed by atoms with Gasteiger partial charge in [0.1, 0.15) is 15.5 Å². The van der Waals surface area contributed by atoms with Crippen molar-refractivity contribution in [3.8, 4) is 0 Å². The number of benzene rings is 1. The Morgan fingerprint density at radius 1 is 0.917 bits per heavy atom. The molecule has 6 rings (SSSR count). The Hall–Kier alpha value is -2.71. The van der Waals surface area contributed by atoms with Crippen LogP contribution in [0.25, 0.3) is 11.0 Å². The third kappa shape index (κ3) is 5.65. The van der Waals surface area contributed by atoms with Gasteiger partial charge in [0.15, 0.2) is 0 Å². The Morgan fingerprint density at radius 2 is 1.58 bits per heavy atom. The highest BCUT2D eigenvalue weighted by Crippen LogP contribution is 2.23. The molecule has 1 aromatic carbocycles. The van der Waals surface area contributed by atoms with Crippen molar-refractivity contribution in [3.05, 3.63) is 70.1 Å². The highest BCUT2D eigenvalue weighted by Gasteiger charge is 2.12. The van der Waals surface area contributed by atoms with Crippen molar-refractivity contribution in [1.82, 2.24) is 29.2 Å². The van der Waals surface area contributed by atoms with Crippen LogP contribution in [0.2, 0.25) is 0 Å². The summed E-state index contributed by atoms with van der Waals surface area (Å²) in [4.78, 5) is 10.6. The van der Waals surface area contributed by atoms with E-state index in [0.717, 1.165) is 52.2 Å². The molecule has 1 N–H and O–H groups in total. The van der Waals surface area contributed by atoms with E-state index >= 15 is 0 Å². The molecule has 1 unspecified atom stereocenters. The minimum atomic E-state index is -1.14. The van der Waals surface area contributed by atoms with Crippen molar-refractivity contribution in [2.75, 3.05) is 42.8 Å². The van der Waals surface area contributed by atoms with Gasteiger partial charge in [-0.1, -0.05) is 11.2 Å². The number of hydrogen-bond acceptors (Lipinski definition) is 8. The van der Waals surface area contributed by atoms with Gasteiger partial charge in [0.25, 0.3) is 0 Å². The third-order valence-corrected chi connectivity index (χ3v) is 7.32. The summed E-state index contributed by atoms with van der Waals surface area (Å²) < 4.78 is 21.7. The van der Waals surface area contributed by atoms with Crippen LogP contribution >= 0.6 is 31.9 Å². The quantitative estimate of drug-likeness (QED) is 0.292. The van der Waals surface area contributed by atoms with Crippen molar-refractivity contribution in [2.45, 2.75) is 5.16 Å². The van der Waals surface area contributed by atoms with Gasteiger partial charge in [0.2, 0.25) is 5.95 Å². The number of aromatic nitrogens is 6. The summed E-state index contributed by atoms with van der Waals surface area (Å²) in [6.45, 7) is 3.39. The summed E-state index contributed by atoms with van der Waals surface area (Å²) in [7, 11) is 0. The van der Waals surface area contributed by atoms with Crippen molar-refractivity contribution < 1.29 is 9.29 Å². The number of ether oxygens (including phenoxy) is 1. The molecule has 5 aromatic rings. The molecule has 5 heterocycles. The minimum Gasteiger partial charge on any atom is -0.609 e. The molecule has 0 saturated carbocycles. The van der Waals surface area contributed by atoms with Gasteiger partial charge >= 0.3 is 5.16 Å². The molecule has 0 radical (unpaired) electrons. The van der Waals surface area contributed by atoms with Crippen molar-refractivity contribution in [2.24, 2.45) is 0 Å². The number of morpholine rings is 1. The van der Waals surface area contributed by atoms with E-state index < -0.39 is 11.2 Å². The van der Waals surface area contributed by atoms with Gasteiger partial charge in [-0.15, -0.1) is 5.10 Å². The molecular formula is C23H22Br2N8O2S. The summed E-state index contributed by atoms with van der Waals surface area (Å²) in [5, 5.41) is 12.2. The van der Waals surface area contributed by atoms with E-state index in [0.29, 0.717) is 11.1 Å². The normalized spacial score (nSPS) is 14.5. The number of fused-ring (bicyclic) bond motifs is 2. The van der Waals surface area contributed by atoms with Crippen LogP contribution in [0.1, 0.15) is 0 Å². The highest BCUT2D eigenvalue weighted by atomic mass is 79.9. The molecule has 13 heteroatoms. The lowest BCUT2D eigenvalue weighted by Crippen LogP contribution is -2.36. The Labute approximate surface area is 227 Å². The number of halogens is 2. The maximum atomic E-state index is 11.1. The largest absolute Gasteiger partial charge is 0.609 e. The molecule has 4 aromatic heterocycles. The second-order valence-electron chi connectivity index (χ2n) is 7.84. The van der Waals surface area contributed by atoms with E-state index in [2.05, 4.69) is 74.4 Å². The fraction of sp³-hybridized carbons (Fsp3) is 0.217. The van der Waals surface area contributed by atoms with E-state index in [-0.39, 0.29) is 0 Å². The Bertz CT molecular complexity index is 1490. The van der Waals surface area contributed by atoms with Crippen LogP contribution in [-0.2, 0) is 15.9 Å². The van der Waals surface area contributed by atoms with Crippen LogP contribution < -0.4 is 10.2 Å². The van der Waals surface area contributed by atoms with Crippen LogP contribution in [0.4, 0.5) is 17.3 Å². The predicted molar refractivity (Wildman–Crippen MR) is 146 cm³/mol. The van der Waals surface area contributed by atoms with Crippen LogP contribution in [-0.4, -0.2) is 66.3 Å². The summed E-state index contributed by atoms with van der Waals surface area (Å²) in [6, 6.07) is 15.9. The van der Waals surface area contributed by atoms with E-state index in [1.54, 1.807) is 27.7 Å². The zero-order valence-corrected chi connectivity index (χ0v) is 23.2. The van der Waals surface area contributed by atoms with Gasteiger partial charge in [-0.05, 0) is 74.3 Å². The SMILES string of the molecule is Brc1ccc2cnc(Nc3cccc(N4CCOCC4)c3)nn12.C[S+]([O-])c1ncc2ccc(Br)n2n1. The van der Waals surface area contributed by atoms with Crippen LogP contribution in [0.15, 0.2) is 75.3 Å². The van der Waals surface area contributed by atoms with Crippen molar-refractivity contribution >= 4 is 71.4 Å². The molecule has 0 bridgehead atoms. The van der Waals surface area contributed by atoms with E-state index in [9.17, 15) is 4.55 Å². The number of anilines is 3. The summed E-state index contributed by atoms with van der Waals surface area (Å²) in [5.74, 6) is 0.563. The monoisotopic (exact) mass is 632 g/mol. The molecule has 186 valence electrons. The second kappa shape index (κ2) is 11.1. The average molecular weight is 634 g/mol. The van der Waals surface area contributed by atoms with Crippen molar-refractivity contribution in [1.29, 1.82) is 0 Å². The van der Waals surface area contributed by atoms with Gasteiger partial charge < -0.3 is 19.5 Å². The molecule has 10 nitrogen and oxygen atoms in total.